The van der Waals surface area contributed by atoms with Crippen LogP contribution in [0.5, 0.6) is 0 Å². The highest BCUT2D eigenvalue weighted by Crippen LogP contribution is 2.20. The van der Waals surface area contributed by atoms with Gasteiger partial charge in [0, 0.05) is 58.4 Å². The molecule has 2 atom stereocenters. The highest BCUT2D eigenvalue weighted by molar-refractivity contribution is 14.0. The van der Waals surface area contributed by atoms with Crippen LogP contribution in [0.2, 0.25) is 0 Å². The van der Waals surface area contributed by atoms with Crippen LogP contribution in [0.3, 0.4) is 0 Å². The maximum atomic E-state index is 5.52. The molecule has 3 fully saturated rings. The molecular weight excluding hydrogens is 465 g/mol. The highest BCUT2D eigenvalue weighted by atomic mass is 127. The van der Waals surface area contributed by atoms with E-state index in [1.54, 1.807) is 0 Å². The highest BCUT2D eigenvalue weighted by Gasteiger charge is 2.30. The van der Waals surface area contributed by atoms with Crippen molar-refractivity contribution in [2.24, 2.45) is 16.8 Å². The molecule has 0 aliphatic carbocycles. The molecule has 7 heteroatoms. The van der Waals surface area contributed by atoms with Crippen LogP contribution in [0.15, 0.2) is 4.99 Å². The van der Waals surface area contributed by atoms with Gasteiger partial charge in [0.15, 0.2) is 5.96 Å². The van der Waals surface area contributed by atoms with E-state index < -0.39 is 0 Å². The van der Waals surface area contributed by atoms with Gasteiger partial charge in [0.05, 0.1) is 13.2 Å². The number of hydrogen-bond donors (Lipinski definition) is 1. The Labute approximate surface area is 189 Å². The van der Waals surface area contributed by atoms with Crippen LogP contribution in [0.4, 0.5) is 0 Å². The Kier molecular flexibility index (Phi) is 10.8. The van der Waals surface area contributed by atoms with Crippen molar-refractivity contribution in [2.75, 3.05) is 72.1 Å². The summed E-state index contributed by atoms with van der Waals surface area (Å²) in [6.07, 6.45) is 3.90. The summed E-state index contributed by atoms with van der Waals surface area (Å²) in [5.74, 6) is 2.60. The molecule has 0 bridgehead atoms. The van der Waals surface area contributed by atoms with Gasteiger partial charge in [-0.05, 0) is 44.6 Å². The van der Waals surface area contributed by atoms with Crippen molar-refractivity contribution in [3.8, 4) is 0 Å². The number of aliphatic imine (C=N–C) groups is 1. The molecule has 1 N–H and O–H groups in total. The number of guanidine groups is 1. The molecule has 3 aliphatic heterocycles. The molecule has 6 nitrogen and oxygen atoms in total. The number of likely N-dealkylation sites (tertiary alicyclic amines) is 2. The van der Waals surface area contributed by atoms with Gasteiger partial charge in [-0.3, -0.25) is 9.89 Å². The predicted octanol–water partition coefficient (Wildman–Crippen LogP) is 2.34. The Hall–Kier alpha value is -0.120. The second-order valence-corrected chi connectivity index (χ2v) is 8.89. The van der Waals surface area contributed by atoms with E-state index in [4.69, 9.17) is 9.73 Å². The second-order valence-electron chi connectivity index (χ2n) is 8.89. The maximum Gasteiger partial charge on any atom is 0.193 e. The summed E-state index contributed by atoms with van der Waals surface area (Å²) in [6.45, 7) is 18.6. The van der Waals surface area contributed by atoms with Gasteiger partial charge in [-0.2, -0.15) is 0 Å². The zero-order valence-electron chi connectivity index (χ0n) is 18.2. The Bertz CT molecular complexity index is 470. The van der Waals surface area contributed by atoms with Gasteiger partial charge < -0.3 is 19.9 Å². The molecule has 2 unspecified atom stereocenters. The first-order chi connectivity index (χ1) is 13.2. The quantitative estimate of drug-likeness (QED) is 0.340. The molecule has 0 aromatic rings. The topological polar surface area (TPSA) is 43.3 Å². The minimum Gasteiger partial charge on any atom is -0.379 e. The number of nitrogens with one attached hydrogen (secondary N) is 1. The van der Waals surface area contributed by atoms with E-state index in [1.807, 2.05) is 0 Å². The lowest BCUT2D eigenvalue weighted by molar-refractivity contribution is 0.0195. The minimum absolute atomic E-state index is 0. The van der Waals surface area contributed by atoms with Crippen LogP contribution in [0.25, 0.3) is 0 Å². The number of piperidine rings is 1. The SMILES string of the molecule is CCNC(=NCC1CCCN(CC(C)C)C1)N1CCC(N2CCOCC2)C1.I. The van der Waals surface area contributed by atoms with E-state index in [2.05, 4.69) is 40.8 Å². The van der Waals surface area contributed by atoms with Crippen molar-refractivity contribution in [2.45, 2.75) is 46.1 Å². The van der Waals surface area contributed by atoms with E-state index in [1.165, 1.54) is 38.9 Å². The molecule has 0 amide bonds. The molecule has 0 radical (unpaired) electrons. The van der Waals surface area contributed by atoms with Gasteiger partial charge in [0.1, 0.15) is 0 Å². The standard InChI is InChI=1S/C21H41N5O.HI/c1-4-22-21(23-14-19-6-5-8-24(16-19)15-18(2)3)26-9-7-20(17-26)25-10-12-27-13-11-25;/h18-20H,4-17H2,1-3H3,(H,22,23);1H. The van der Waals surface area contributed by atoms with Crippen LogP contribution in [0, 0.1) is 11.8 Å². The van der Waals surface area contributed by atoms with Crippen molar-refractivity contribution < 1.29 is 4.74 Å². The summed E-state index contributed by atoms with van der Waals surface area (Å²) in [6, 6.07) is 0.661. The van der Waals surface area contributed by atoms with E-state index >= 15 is 0 Å². The van der Waals surface area contributed by atoms with Crippen LogP contribution in [-0.2, 0) is 4.74 Å². The molecule has 3 heterocycles. The van der Waals surface area contributed by atoms with Gasteiger partial charge >= 0.3 is 0 Å². The molecule has 164 valence electrons. The Morgan fingerprint density at radius 2 is 1.89 bits per heavy atom. The fourth-order valence-corrected chi connectivity index (χ4v) is 4.80. The van der Waals surface area contributed by atoms with Crippen LogP contribution >= 0.6 is 24.0 Å². The largest absolute Gasteiger partial charge is 0.379 e. The van der Waals surface area contributed by atoms with Gasteiger partial charge in [-0.1, -0.05) is 13.8 Å². The van der Waals surface area contributed by atoms with Crippen LogP contribution in [0.1, 0.15) is 40.0 Å². The maximum absolute atomic E-state index is 5.52. The third kappa shape index (κ3) is 7.29. The zero-order chi connectivity index (χ0) is 19.1. The monoisotopic (exact) mass is 507 g/mol. The number of halogens is 1. The Morgan fingerprint density at radius 1 is 1.11 bits per heavy atom. The third-order valence-electron chi connectivity index (χ3n) is 6.09. The second kappa shape index (κ2) is 12.5. The first kappa shape index (κ1) is 24.2. The lowest BCUT2D eigenvalue weighted by atomic mass is 9.97. The predicted molar refractivity (Wildman–Crippen MR) is 128 cm³/mol. The molecule has 3 rings (SSSR count). The van der Waals surface area contributed by atoms with Crippen LogP contribution < -0.4 is 5.32 Å². The molecule has 3 aliphatic rings. The van der Waals surface area contributed by atoms with Crippen molar-refractivity contribution >= 4 is 29.9 Å². The van der Waals surface area contributed by atoms with Crippen molar-refractivity contribution in [3.05, 3.63) is 0 Å². The van der Waals surface area contributed by atoms with Crippen molar-refractivity contribution in [1.82, 2.24) is 20.0 Å². The fraction of sp³-hybridized carbons (Fsp3) is 0.952. The normalized spacial score (nSPS) is 27.9. The van der Waals surface area contributed by atoms with E-state index in [0.717, 1.165) is 64.4 Å². The number of hydrogen-bond acceptors (Lipinski definition) is 4. The van der Waals surface area contributed by atoms with Crippen molar-refractivity contribution in [1.29, 1.82) is 0 Å². The van der Waals surface area contributed by atoms with Gasteiger partial charge in [0.2, 0.25) is 0 Å². The Balaban J connectivity index is 0.00000280. The Morgan fingerprint density at radius 3 is 2.61 bits per heavy atom. The minimum atomic E-state index is 0. The average Bonchev–Trinajstić information content (AvgIpc) is 3.16. The van der Waals surface area contributed by atoms with E-state index in [9.17, 15) is 0 Å². The molecule has 3 saturated heterocycles. The van der Waals surface area contributed by atoms with Gasteiger partial charge in [-0.25, -0.2) is 0 Å². The molecule has 28 heavy (non-hydrogen) atoms. The van der Waals surface area contributed by atoms with Crippen molar-refractivity contribution in [3.63, 3.8) is 0 Å². The smallest absolute Gasteiger partial charge is 0.193 e. The first-order valence-corrected chi connectivity index (χ1v) is 11.2. The fourth-order valence-electron chi connectivity index (χ4n) is 4.80. The average molecular weight is 508 g/mol. The lowest BCUT2D eigenvalue weighted by Gasteiger charge is -2.33. The lowest BCUT2D eigenvalue weighted by Crippen LogP contribution is -2.47. The number of morpholine rings is 1. The summed E-state index contributed by atoms with van der Waals surface area (Å²) < 4.78 is 5.52. The zero-order valence-corrected chi connectivity index (χ0v) is 20.6. The van der Waals surface area contributed by atoms with E-state index in [0.29, 0.717) is 12.0 Å². The molecule has 0 aromatic carbocycles. The van der Waals surface area contributed by atoms with Gasteiger partial charge in [-0.15, -0.1) is 24.0 Å². The molecular formula is C21H42IN5O. The summed E-state index contributed by atoms with van der Waals surface area (Å²) in [5.41, 5.74) is 0. The summed E-state index contributed by atoms with van der Waals surface area (Å²) in [7, 11) is 0. The summed E-state index contributed by atoms with van der Waals surface area (Å²) >= 11 is 0. The van der Waals surface area contributed by atoms with Crippen LogP contribution in [-0.4, -0.2) is 98.8 Å². The molecule has 0 spiro atoms. The molecule has 0 saturated carbocycles. The van der Waals surface area contributed by atoms with Gasteiger partial charge in [0.25, 0.3) is 0 Å². The molecule has 0 aromatic heterocycles. The summed E-state index contributed by atoms with van der Waals surface area (Å²) in [4.78, 5) is 12.8. The third-order valence-corrected chi connectivity index (χ3v) is 6.09. The number of ether oxygens (including phenoxy) is 1. The summed E-state index contributed by atoms with van der Waals surface area (Å²) in [5, 5.41) is 3.55. The first-order valence-electron chi connectivity index (χ1n) is 11.2. The number of nitrogens with zero attached hydrogens (tertiary/aromatic N) is 4. The van der Waals surface area contributed by atoms with E-state index in [-0.39, 0.29) is 24.0 Å². The number of rotatable bonds is 6.